The Morgan fingerprint density at radius 3 is 2.49 bits per heavy atom. The minimum atomic E-state index is -4.71. The number of anilines is 1. The molecule has 13 heteroatoms. The van der Waals surface area contributed by atoms with Crippen molar-refractivity contribution >= 4 is 46.2 Å². The molecule has 1 saturated heterocycles. The van der Waals surface area contributed by atoms with E-state index in [1.54, 1.807) is 37.9 Å². The summed E-state index contributed by atoms with van der Waals surface area (Å²) in [6.45, 7) is 6.60. The summed E-state index contributed by atoms with van der Waals surface area (Å²) in [4.78, 5) is 38.1. The molecule has 1 aromatic carbocycles. The standard InChI is InChI=1S/C26H27ClF3N5O3S/c1-25(2,3)38-24(37)34-10-8-33(9-11-34)22-16-12-17(26(28,29)30)19(27)21-20(16)35(23(36)32-22)13-15(14-39-21)18-6-4-5-7-31-18/h4-7,12,15H,8-11,13-14H2,1-3H3/t15-/m0/s1. The van der Waals surface area contributed by atoms with E-state index in [2.05, 4.69) is 9.97 Å². The smallest absolute Gasteiger partial charge is 0.417 e. The van der Waals surface area contributed by atoms with Crippen molar-refractivity contribution < 1.29 is 22.7 Å². The molecule has 208 valence electrons. The van der Waals surface area contributed by atoms with Gasteiger partial charge >= 0.3 is 18.0 Å². The van der Waals surface area contributed by atoms with Gasteiger partial charge in [-0.05, 0) is 39.0 Å². The fraction of sp³-hybridized carbons (Fsp3) is 0.462. The van der Waals surface area contributed by atoms with Gasteiger partial charge in [-0.15, -0.1) is 11.8 Å². The van der Waals surface area contributed by atoms with E-state index in [0.29, 0.717) is 11.3 Å². The van der Waals surface area contributed by atoms with E-state index in [0.717, 1.165) is 11.8 Å². The van der Waals surface area contributed by atoms with Crippen molar-refractivity contribution in [3.05, 3.63) is 57.2 Å². The first-order valence-corrected chi connectivity index (χ1v) is 13.8. The molecule has 0 unspecified atom stereocenters. The second-order valence-corrected chi connectivity index (χ2v) is 11.9. The zero-order valence-corrected chi connectivity index (χ0v) is 23.2. The molecule has 0 N–H and O–H groups in total. The molecule has 39 heavy (non-hydrogen) atoms. The third-order valence-corrected chi connectivity index (χ3v) is 8.37. The van der Waals surface area contributed by atoms with Gasteiger partial charge in [0.25, 0.3) is 0 Å². The Balaban J connectivity index is 1.58. The van der Waals surface area contributed by atoms with E-state index >= 15 is 0 Å². The third kappa shape index (κ3) is 5.54. The van der Waals surface area contributed by atoms with E-state index in [4.69, 9.17) is 16.3 Å². The monoisotopic (exact) mass is 581 g/mol. The number of pyridine rings is 1. The predicted molar refractivity (Wildman–Crippen MR) is 144 cm³/mol. The van der Waals surface area contributed by atoms with Crippen molar-refractivity contribution in [2.75, 3.05) is 36.8 Å². The highest BCUT2D eigenvalue weighted by Gasteiger charge is 2.38. The van der Waals surface area contributed by atoms with Crippen molar-refractivity contribution in [2.24, 2.45) is 0 Å². The molecule has 1 fully saturated rings. The minimum Gasteiger partial charge on any atom is -0.444 e. The minimum absolute atomic E-state index is 0.149. The number of hydrogen-bond acceptors (Lipinski definition) is 7. The van der Waals surface area contributed by atoms with Crippen molar-refractivity contribution in [3.8, 4) is 0 Å². The molecule has 2 aliphatic heterocycles. The Labute approximate surface area is 232 Å². The maximum absolute atomic E-state index is 14.1. The van der Waals surface area contributed by atoms with Crippen LogP contribution in [0.4, 0.5) is 23.8 Å². The Morgan fingerprint density at radius 2 is 1.87 bits per heavy atom. The molecule has 0 spiro atoms. The molecule has 0 radical (unpaired) electrons. The molecule has 1 atom stereocenters. The van der Waals surface area contributed by atoms with Crippen LogP contribution in [-0.2, 0) is 17.5 Å². The Hall–Kier alpha value is -2.99. The summed E-state index contributed by atoms with van der Waals surface area (Å²) in [5.41, 5.74) is -1.14. The summed E-state index contributed by atoms with van der Waals surface area (Å²) in [5.74, 6) is 0.299. The number of carbonyl (C=O) groups excluding carboxylic acids is 1. The number of benzene rings is 1. The maximum Gasteiger partial charge on any atom is 0.417 e. The highest BCUT2D eigenvalue weighted by atomic mass is 35.5. The average molecular weight is 582 g/mol. The molecule has 4 heterocycles. The molecular weight excluding hydrogens is 555 g/mol. The molecule has 2 aliphatic rings. The van der Waals surface area contributed by atoms with Crippen LogP contribution in [0.3, 0.4) is 0 Å². The molecule has 0 aliphatic carbocycles. The molecule has 0 saturated carbocycles. The normalized spacial score (nSPS) is 18.3. The van der Waals surface area contributed by atoms with Crippen LogP contribution in [0.15, 0.2) is 40.2 Å². The van der Waals surface area contributed by atoms with E-state index in [-0.39, 0.29) is 54.7 Å². The van der Waals surface area contributed by atoms with Gasteiger partial charge in [0.1, 0.15) is 11.4 Å². The van der Waals surface area contributed by atoms with Gasteiger partial charge in [-0.2, -0.15) is 18.2 Å². The van der Waals surface area contributed by atoms with E-state index in [1.807, 2.05) is 12.1 Å². The number of ether oxygens (including phenoxy) is 1. The van der Waals surface area contributed by atoms with E-state index in [1.165, 1.54) is 21.2 Å². The summed E-state index contributed by atoms with van der Waals surface area (Å²) in [7, 11) is 0. The largest absolute Gasteiger partial charge is 0.444 e. The lowest BCUT2D eigenvalue weighted by molar-refractivity contribution is -0.137. The van der Waals surface area contributed by atoms with Crippen LogP contribution < -0.4 is 10.6 Å². The van der Waals surface area contributed by atoms with Crippen molar-refractivity contribution in [3.63, 3.8) is 0 Å². The molecule has 1 amide bonds. The van der Waals surface area contributed by atoms with Gasteiger partial charge in [0, 0.05) is 61.7 Å². The Kier molecular flexibility index (Phi) is 7.21. The summed E-state index contributed by atoms with van der Waals surface area (Å²) in [5, 5.41) is -0.233. The number of rotatable bonds is 2. The van der Waals surface area contributed by atoms with Crippen LogP contribution in [0.25, 0.3) is 10.9 Å². The Bertz CT molecular complexity index is 1470. The van der Waals surface area contributed by atoms with Crippen LogP contribution in [-0.4, -0.2) is 63.1 Å². The second kappa shape index (κ2) is 10.2. The van der Waals surface area contributed by atoms with Gasteiger partial charge in [0.15, 0.2) is 0 Å². The van der Waals surface area contributed by atoms with Crippen LogP contribution in [0.5, 0.6) is 0 Å². The number of thioether (sulfide) groups is 1. The predicted octanol–water partition coefficient (Wildman–Crippen LogP) is 5.41. The molecule has 3 aromatic rings. The molecule has 5 rings (SSSR count). The topological polar surface area (TPSA) is 80.6 Å². The van der Waals surface area contributed by atoms with Crippen molar-refractivity contribution in [2.45, 2.75) is 49.9 Å². The lowest BCUT2D eigenvalue weighted by Crippen LogP contribution is -2.50. The van der Waals surface area contributed by atoms with Gasteiger partial charge in [-0.3, -0.25) is 9.55 Å². The quantitative estimate of drug-likeness (QED) is 0.400. The van der Waals surface area contributed by atoms with Crippen LogP contribution in [0, 0.1) is 0 Å². The number of aromatic nitrogens is 3. The number of alkyl halides is 3. The van der Waals surface area contributed by atoms with Gasteiger partial charge in [-0.1, -0.05) is 17.7 Å². The number of nitrogens with zero attached hydrogens (tertiary/aromatic N) is 5. The first-order chi connectivity index (χ1) is 18.3. The summed E-state index contributed by atoms with van der Waals surface area (Å²) in [6.07, 6.45) is -3.53. The lowest BCUT2D eigenvalue weighted by atomic mass is 10.1. The number of halogens is 4. The summed E-state index contributed by atoms with van der Waals surface area (Å²) >= 11 is 7.57. The Morgan fingerprint density at radius 1 is 1.15 bits per heavy atom. The first kappa shape index (κ1) is 27.6. The van der Waals surface area contributed by atoms with E-state index in [9.17, 15) is 22.8 Å². The highest BCUT2D eigenvalue weighted by molar-refractivity contribution is 7.99. The van der Waals surface area contributed by atoms with Gasteiger partial charge in [0.05, 0.1) is 21.0 Å². The van der Waals surface area contributed by atoms with Gasteiger partial charge in [-0.25, -0.2) is 9.59 Å². The fourth-order valence-electron chi connectivity index (χ4n) is 4.80. The number of carbonyl (C=O) groups is 1. The molecule has 0 bridgehead atoms. The lowest BCUT2D eigenvalue weighted by Gasteiger charge is -2.36. The maximum atomic E-state index is 14.1. The van der Waals surface area contributed by atoms with E-state index < -0.39 is 34.1 Å². The molecule has 2 aromatic heterocycles. The van der Waals surface area contributed by atoms with Crippen molar-refractivity contribution in [1.29, 1.82) is 0 Å². The van der Waals surface area contributed by atoms with Crippen LogP contribution >= 0.6 is 23.4 Å². The highest BCUT2D eigenvalue weighted by Crippen LogP contribution is 2.47. The van der Waals surface area contributed by atoms with Crippen LogP contribution in [0.1, 0.15) is 37.9 Å². The van der Waals surface area contributed by atoms with Crippen LogP contribution in [0.2, 0.25) is 5.02 Å². The first-order valence-electron chi connectivity index (χ1n) is 12.4. The summed E-state index contributed by atoms with van der Waals surface area (Å²) in [6, 6.07) is 6.42. The van der Waals surface area contributed by atoms with Gasteiger partial charge in [0.2, 0.25) is 0 Å². The molecular formula is C26H27ClF3N5O3S. The third-order valence-electron chi connectivity index (χ3n) is 6.61. The number of hydrogen-bond donors (Lipinski definition) is 0. The van der Waals surface area contributed by atoms with Gasteiger partial charge < -0.3 is 14.5 Å². The average Bonchev–Trinajstić information content (AvgIpc) is 3.08. The zero-order valence-electron chi connectivity index (χ0n) is 21.6. The number of piperazine rings is 1. The molecule has 8 nitrogen and oxygen atoms in total. The zero-order chi connectivity index (χ0) is 28.1. The fourth-order valence-corrected chi connectivity index (χ4v) is 6.45. The number of amides is 1. The van der Waals surface area contributed by atoms with Crippen molar-refractivity contribution in [1.82, 2.24) is 19.4 Å². The second-order valence-electron chi connectivity index (χ2n) is 10.5. The SMILES string of the molecule is CC(C)(C)OC(=O)N1CCN(c2nc(=O)n3c4c(c(Cl)c(C(F)(F)F)cc24)SC[C@@H](c2ccccn2)C3)CC1. The summed E-state index contributed by atoms with van der Waals surface area (Å²) < 4.78 is 49.2.